The monoisotopic (exact) mass is 233 g/mol. The first-order chi connectivity index (χ1) is 6.99. The molecule has 1 fully saturated rings. The summed E-state index contributed by atoms with van der Waals surface area (Å²) in [4.78, 5) is 22.3. The Kier molecular flexibility index (Phi) is 3.98. The molecule has 0 radical (unpaired) electrons. The highest BCUT2D eigenvalue weighted by atomic mass is 32.2. The van der Waals surface area contributed by atoms with Gasteiger partial charge in [-0.25, -0.2) is 4.79 Å². The van der Waals surface area contributed by atoms with Crippen molar-refractivity contribution in [2.75, 3.05) is 12.4 Å². The molecule has 15 heavy (non-hydrogen) atoms. The highest BCUT2D eigenvalue weighted by molar-refractivity contribution is 8.01. The first-order valence-corrected chi connectivity index (χ1v) is 5.77. The lowest BCUT2D eigenvalue weighted by molar-refractivity contribution is -0.143. The molecule has 1 amide bonds. The van der Waals surface area contributed by atoms with Crippen LogP contribution in [0, 0.1) is 0 Å². The van der Waals surface area contributed by atoms with Gasteiger partial charge in [-0.05, 0) is 25.5 Å². The molecule has 0 bridgehead atoms. The minimum Gasteiger partial charge on any atom is -0.480 e. The molecule has 0 saturated carbocycles. The number of thioether (sulfide) groups is 1. The lowest BCUT2D eigenvalue weighted by Gasteiger charge is -2.23. The molecule has 5 nitrogen and oxygen atoms in total. The summed E-state index contributed by atoms with van der Waals surface area (Å²) in [6.45, 7) is 1.22. The largest absolute Gasteiger partial charge is 0.480 e. The summed E-state index contributed by atoms with van der Waals surface area (Å²) in [5.41, 5.74) is 0. The molecule has 86 valence electrons. The number of carbonyl (C=O) groups excluding carboxylic acids is 1. The van der Waals surface area contributed by atoms with Gasteiger partial charge in [0, 0.05) is 0 Å². The molecule has 0 aromatic carbocycles. The Labute approximate surface area is 92.2 Å². The van der Waals surface area contributed by atoms with Crippen LogP contribution >= 0.6 is 11.8 Å². The van der Waals surface area contributed by atoms with Gasteiger partial charge < -0.3 is 15.5 Å². The highest BCUT2D eigenvalue weighted by Crippen LogP contribution is 2.37. The van der Waals surface area contributed by atoms with E-state index >= 15 is 0 Å². The Morgan fingerprint density at radius 2 is 2.27 bits per heavy atom. The summed E-state index contributed by atoms with van der Waals surface area (Å²) in [6.07, 6.45) is 1.71. The van der Waals surface area contributed by atoms with Gasteiger partial charge in [-0.15, -0.1) is 11.8 Å². The van der Waals surface area contributed by atoms with Crippen molar-refractivity contribution in [2.24, 2.45) is 0 Å². The standard InChI is InChI=1S/C9H15NO4S/c1-9(3-2-4-15-9)8(14)10-6(5-11)7(12)13/h6,11H,2-5H2,1H3,(H,10,14)(H,12,13)/t6-,9?/m1/s1. The van der Waals surface area contributed by atoms with Gasteiger partial charge in [-0.3, -0.25) is 4.79 Å². The third-order valence-corrected chi connectivity index (χ3v) is 4.00. The molecule has 1 aliphatic heterocycles. The third-order valence-electron chi connectivity index (χ3n) is 2.49. The molecule has 1 unspecified atom stereocenters. The Hall–Kier alpha value is -0.750. The number of nitrogens with one attached hydrogen (secondary N) is 1. The zero-order chi connectivity index (χ0) is 11.5. The van der Waals surface area contributed by atoms with E-state index in [9.17, 15) is 9.59 Å². The van der Waals surface area contributed by atoms with E-state index in [2.05, 4.69) is 5.32 Å². The van der Waals surface area contributed by atoms with Gasteiger partial charge in [0.2, 0.25) is 5.91 Å². The van der Waals surface area contributed by atoms with Crippen LogP contribution in [-0.4, -0.2) is 45.2 Å². The number of hydrogen-bond acceptors (Lipinski definition) is 4. The number of carboxylic acid groups (broad SMARTS) is 1. The van der Waals surface area contributed by atoms with Crippen LogP contribution in [0.25, 0.3) is 0 Å². The van der Waals surface area contributed by atoms with Gasteiger partial charge in [0.1, 0.15) is 6.04 Å². The number of amides is 1. The fraction of sp³-hybridized carbons (Fsp3) is 0.778. The number of carboxylic acids is 1. The zero-order valence-corrected chi connectivity index (χ0v) is 9.34. The van der Waals surface area contributed by atoms with Crippen LogP contribution in [0.5, 0.6) is 0 Å². The molecule has 3 N–H and O–H groups in total. The quantitative estimate of drug-likeness (QED) is 0.628. The maximum atomic E-state index is 11.7. The number of rotatable bonds is 4. The Morgan fingerprint density at radius 1 is 1.60 bits per heavy atom. The van der Waals surface area contributed by atoms with E-state index < -0.39 is 23.4 Å². The van der Waals surface area contributed by atoms with Crippen LogP contribution in [0.1, 0.15) is 19.8 Å². The lowest BCUT2D eigenvalue weighted by atomic mass is 10.0. The Balaban J connectivity index is 2.57. The number of carbonyl (C=O) groups is 2. The minimum atomic E-state index is -1.21. The van der Waals surface area contributed by atoms with Crippen molar-refractivity contribution in [2.45, 2.75) is 30.6 Å². The molecule has 1 heterocycles. The molecule has 6 heteroatoms. The zero-order valence-electron chi connectivity index (χ0n) is 8.52. The molecule has 2 atom stereocenters. The molecular weight excluding hydrogens is 218 g/mol. The number of aliphatic hydroxyl groups excluding tert-OH is 1. The van der Waals surface area contributed by atoms with Crippen molar-refractivity contribution in [3.05, 3.63) is 0 Å². The summed E-state index contributed by atoms with van der Waals surface area (Å²) in [7, 11) is 0. The number of aliphatic carboxylic acids is 1. The predicted molar refractivity (Wildman–Crippen MR) is 56.7 cm³/mol. The molecule has 1 rings (SSSR count). The molecule has 0 spiro atoms. The molecule has 1 aliphatic rings. The normalized spacial score (nSPS) is 27.3. The SMILES string of the molecule is CC1(C(=O)N[C@H](CO)C(=O)O)CCCS1. The van der Waals surface area contributed by atoms with Gasteiger partial charge in [0.05, 0.1) is 11.4 Å². The summed E-state index contributed by atoms with van der Waals surface area (Å²) in [5.74, 6) is -0.593. The van der Waals surface area contributed by atoms with E-state index in [0.29, 0.717) is 0 Å². The van der Waals surface area contributed by atoms with Crippen LogP contribution < -0.4 is 5.32 Å². The van der Waals surface area contributed by atoms with Crippen molar-refractivity contribution >= 4 is 23.6 Å². The summed E-state index contributed by atoms with van der Waals surface area (Å²) in [6, 6.07) is -1.20. The van der Waals surface area contributed by atoms with Gasteiger partial charge in [0.15, 0.2) is 0 Å². The summed E-state index contributed by atoms with van der Waals surface area (Å²) >= 11 is 1.53. The van der Waals surface area contributed by atoms with Crippen molar-refractivity contribution in [3.63, 3.8) is 0 Å². The second-order valence-corrected chi connectivity index (χ2v) is 5.33. The van der Waals surface area contributed by atoms with E-state index in [1.807, 2.05) is 0 Å². The van der Waals surface area contributed by atoms with Crippen LogP contribution in [0.15, 0.2) is 0 Å². The van der Waals surface area contributed by atoms with Gasteiger partial charge in [0.25, 0.3) is 0 Å². The van der Waals surface area contributed by atoms with Gasteiger partial charge >= 0.3 is 5.97 Å². The minimum absolute atomic E-state index is 0.300. The van der Waals surface area contributed by atoms with E-state index in [1.165, 1.54) is 11.8 Å². The number of aliphatic hydroxyl groups is 1. The van der Waals surface area contributed by atoms with Gasteiger partial charge in [-0.1, -0.05) is 0 Å². The van der Waals surface area contributed by atoms with Crippen molar-refractivity contribution in [1.82, 2.24) is 5.32 Å². The average molecular weight is 233 g/mol. The molecule has 0 aliphatic carbocycles. The first kappa shape index (κ1) is 12.3. The topological polar surface area (TPSA) is 86.6 Å². The highest BCUT2D eigenvalue weighted by Gasteiger charge is 2.38. The van der Waals surface area contributed by atoms with E-state index in [0.717, 1.165) is 18.6 Å². The van der Waals surface area contributed by atoms with Crippen molar-refractivity contribution < 1.29 is 19.8 Å². The van der Waals surface area contributed by atoms with E-state index in [4.69, 9.17) is 10.2 Å². The van der Waals surface area contributed by atoms with Crippen LogP contribution in [0.2, 0.25) is 0 Å². The number of hydrogen-bond donors (Lipinski definition) is 3. The maximum Gasteiger partial charge on any atom is 0.328 e. The second kappa shape index (κ2) is 4.85. The van der Waals surface area contributed by atoms with Crippen LogP contribution in [0.4, 0.5) is 0 Å². The Morgan fingerprint density at radius 3 is 2.67 bits per heavy atom. The van der Waals surface area contributed by atoms with Crippen LogP contribution in [0.3, 0.4) is 0 Å². The summed E-state index contributed by atoms with van der Waals surface area (Å²) in [5, 5.41) is 19.8. The van der Waals surface area contributed by atoms with E-state index in [-0.39, 0.29) is 5.91 Å². The predicted octanol–water partition coefficient (Wildman–Crippen LogP) is -0.166. The molecule has 0 aromatic heterocycles. The van der Waals surface area contributed by atoms with Gasteiger partial charge in [-0.2, -0.15) is 0 Å². The van der Waals surface area contributed by atoms with E-state index in [1.54, 1.807) is 6.92 Å². The Bertz CT molecular complexity index is 263. The second-order valence-electron chi connectivity index (χ2n) is 3.73. The smallest absolute Gasteiger partial charge is 0.328 e. The van der Waals surface area contributed by atoms with Crippen molar-refractivity contribution in [1.29, 1.82) is 0 Å². The maximum absolute atomic E-state index is 11.7. The molecular formula is C9H15NO4S. The molecule has 0 aromatic rings. The lowest BCUT2D eigenvalue weighted by Crippen LogP contribution is -2.50. The van der Waals surface area contributed by atoms with Crippen molar-refractivity contribution in [3.8, 4) is 0 Å². The molecule has 1 saturated heterocycles. The fourth-order valence-electron chi connectivity index (χ4n) is 1.45. The third kappa shape index (κ3) is 2.85. The summed E-state index contributed by atoms with van der Waals surface area (Å²) < 4.78 is -0.539. The fourth-order valence-corrected chi connectivity index (χ4v) is 2.67. The first-order valence-electron chi connectivity index (χ1n) is 4.78. The average Bonchev–Trinajstić information content (AvgIpc) is 2.61. The van der Waals surface area contributed by atoms with Crippen LogP contribution in [-0.2, 0) is 9.59 Å².